The summed E-state index contributed by atoms with van der Waals surface area (Å²) in [5.41, 5.74) is 0. The Morgan fingerprint density at radius 3 is 2.54 bits per heavy atom. The minimum Gasteiger partial charge on any atom is -0.354 e. The Bertz CT molecular complexity index is 507. The number of carbonyl (C=O) groups is 1. The van der Waals surface area contributed by atoms with Crippen LogP contribution in [0.4, 0.5) is 13.2 Å². The van der Waals surface area contributed by atoms with Crippen molar-refractivity contribution < 1.29 is 18.0 Å². The highest BCUT2D eigenvalue weighted by atomic mass is 32.2. The molecule has 2 rings (SSSR count). The Morgan fingerprint density at radius 2 is 1.92 bits per heavy atom. The molecule has 1 aliphatic rings. The van der Waals surface area contributed by atoms with Crippen LogP contribution in [0.1, 0.15) is 6.42 Å². The lowest BCUT2D eigenvalue weighted by Gasteiger charge is -2.35. The van der Waals surface area contributed by atoms with Gasteiger partial charge in [-0.15, -0.1) is 11.8 Å². The maximum Gasteiger partial charge on any atom is 0.405 e. The number of carbonyl (C=O) groups excluding carboxylic acids is 1. The van der Waals surface area contributed by atoms with Gasteiger partial charge in [-0.25, -0.2) is 0 Å². The molecule has 0 saturated carbocycles. The zero-order valence-electron chi connectivity index (χ0n) is 13.3. The molecule has 1 saturated heterocycles. The second-order valence-electron chi connectivity index (χ2n) is 5.56. The third kappa shape index (κ3) is 6.33. The van der Waals surface area contributed by atoms with Gasteiger partial charge < -0.3 is 10.6 Å². The van der Waals surface area contributed by atoms with Gasteiger partial charge in [0, 0.05) is 49.8 Å². The molecule has 1 aromatic carbocycles. The van der Waals surface area contributed by atoms with Crippen LogP contribution in [0, 0.1) is 0 Å². The molecule has 0 bridgehead atoms. The third-order valence-electron chi connectivity index (χ3n) is 3.80. The van der Waals surface area contributed by atoms with E-state index in [-0.39, 0.29) is 12.3 Å². The van der Waals surface area contributed by atoms with E-state index in [2.05, 4.69) is 10.6 Å². The van der Waals surface area contributed by atoms with Gasteiger partial charge in [-0.1, -0.05) is 18.2 Å². The van der Waals surface area contributed by atoms with Crippen molar-refractivity contribution in [3.8, 4) is 0 Å². The number of halogens is 3. The molecule has 4 nitrogen and oxygen atoms in total. The topological polar surface area (TPSA) is 44.4 Å². The van der Waals surface area contributed by atoms with E-state index in [1.165, 1.54) is 16.7 Å². The van der Waals surface area contributed by atoms with Crippen LogP contribution in [0.5, 0.6) is 0 Å². The summed E-state index contributed by atoms with van der Waals surface area (Å²) in [5, 5.41) is 5.47. The molecular weight excluding hydrogens is 339 g/mol. The van der Waals surface area contributed by atoms with E-state index in [9.17, 15) is 18.0 Å². The maximum absolute atomic E-state index is 13.2. The summed E-state index contributed by atoms with van der Waals surface area (Å²) in [6.45, 7) is 1.36. The first kappa shape index (κ1) is 19.1. The van der Waals surface area contributed by atoms with Crippen molar-refractivity contribution in [2.45, 2.75) is 23.5 Å². The van der Waals surface area contributed by atoms with Crippen molar-refractivity contribution in [1.82, 2.24) is 15.5 Å². The largest absolute Gasteiger partial charge is 0.405 e. The van der Waals surface area contributed by atoms with Gasteiger partial charge in [0.25, 0.3) is 0 Å². The maximum atomic E-state index is 13.2. The van der Waals surface area contributed by atoms with Crippen LogP contribution in [0.15, 0.2) is 35.2 Å². The number of nitrogens with one attached hydrogen (secondary N) is 2. The van der Waals surface area contributed by atoms with Crippen molar-refractivity contribution in [2.75, 3.05) is 38.5 Å². The number of hydrogen-bond donors (Lipinski definition) is 2. The Labute approximate surface area is 144 Å². The predicted molar refractivity (Wildman–Crippen MR) is 89.1 cm³/mol. The second-order valence-corrected chi connectivity index (χ2v) is 6.73. The molecule has 24 heavy (non-hydrogen) atoms. The van der Waals surface area contributed by atoms with E-state index < -0.39 is 18.8 Å². The Balaban J connectivity index is 1.75. The van der Waals surface area contributed by atoms with E-state index >= 15 is 0 Å². The van der Waals surface area contributed by atoms with Crippen molar-refractivity contribution in [1.29, 1.82) is 0 Å². The number of amides is 1. The second kappa shape index (κ2) is 9.29. The van der Waals surface area contributed by atoms with Crippen LogP contribution >= 0.6 is 11.8 Å². The number of rotatable bonds is 7. The molecule has 0 spiro atoms. The zero-order chi connectivity index (χ0) is 17.4. The van der Waals surface area contributed by atoms with Gasteiger partial charge in [0.1, 0.15) is 6.04 Å². The fourth-order valence-electron chi connectivity index (χ4n) is 2.52. The number of benzene rings is 1. The van der Waals surface area contributed by atoms with E-state index in [0.29, 0.717) is 31.9 Å². The zero-order valence-corrected chi connectivity index (χ0v) is 14.1. The highest BCUT2D eigenvalue weighted by molar-refractivity contribution is 7.99. The monoisotopic (exact) mass is 361 g/mol. The van der Waals surface area contributed by atoms with Gasteiger partial charge in [-0.3, -0.25) is 9.69 Å². The minimum atomic E-state index is -4.34. The van der Waals surface area contributed by atoms with Crippen molar-refractivity contribution in [2.24, 2.45) is 0 Å². The lowest BCUT2D eigenvalue weighted by Crippen LogP contribution is -2.57. The third-order valence-corrected chi connectivity index (χ3v) is 4.82. The van der Waals surface area contributed by atoms with Crippen LogP contribution in [-0.4, -0.2) is 61.5 Å². The average Bonchev–Trinajstić information content (AvgIpc) is 2.56. The molecule has 1 amide bonds. The molecule has 1 fully saturated rings. The van der Waals surface area contributed by atoms with Gasteiger partial charge in [0.2, 0.25) is 5.91 Å². The van der Waals surface area contributed by atoms with Crippen molar-refractivity contribution in [3.05, 3.63) is 30.3 Å². The van der Waals surface area contributed by atoms with Gasteiger partial charge in [0.05, 0.1) is 0 Å². The molecule has 134 valence electrons. The number of nitrogens with zero attached hydrogens (tertiary/aromatic N) is 1. The summed E-state index contributed by atoms with van der Waals surface area (Å²) in [6.07, 6.45) is -4.14. The van der Waals surface area contributed by atoms with E-state index in [0.717, 1.165) is 4.90 Å². The summed E-state index contributed by atoms with van der Waals surface area (Å²) in [7, 11) is 0. The molecule has 1 atom stereocenters. The molecule has 0 aromatic heterocycles. The minimum absolute atomic E-state index is 0.200. The van der Waals surface area contributed by atoms with Crippen LogP contribution in [0.3, 0.4) is 0 Å². The summed E-state index contributed by atoms with van der Waals surface area (Å²) >= 11 is 1.51. The standard InChI is InChI=1S/C16H22F3N3OS/c17-16(18,19)14(22-9-7-20-8-10-22)12-21-15(23)6-11-24-13-4-2-1-3-5-13/h1-5,14,20H,6-12H2,(H,21,23). The number of hydrogen-bond acceptors (Lipinski definition) is 4. The molecule has 1 aliphatic heterocycles. The first-order valence-corrected chi connectivity index (χ1v) is 8.91. The van der Waals surface area contributed by atoms with Crippen LogP contribution in [0.2, 0.25) is 0 Å². The van der Waals surface area contributed by atoms with Gasteiger partial charge >= 0.3 is 6.18 Å². The quantitative estimate of drug-likeness (QED) is 0.731. The number of piperazine rings is 1. The molecule has 1 unspecified atom stereocenters. The van der Waals surface area contributed by atoms with E-state index in [4.69, 9.17) is 0 Å². The van der Waals surface area contributed by atoms with E-state index in [1.54, 1.807) is 0 Å². The number of alkyl halides is 3. The Kier molecular flexibility index (Phi) is 7.39. The normalized spacial score (nSPS) is 17.5. The van der Waals surface area contributed by atoms with Gasteiger partial charge in [-0.05, 0) is 12.1 Å². The van der Waals surface area contributed by atoms with Gasteiger partial charge in [0.15, 0.2) is 0 Å². The first-order valence-electron chi connectivity index (χ1n) is 7.93. The van der Waals surface area contributed by atoms with Crippen molar-refractivity contribution >= 4 is 17.7 Å². The molecule has 2 N–H and O–H groups in total. The van der Waals surface area contributed by atoms with Crippen LogP contribution < -0.4 is 10.6 Å². The molecule has 1 heterocycles. The fourth-order valence-corrected chi connectivity index (χ4v) is 3.40. The molecule has 1 aromatic rings. The highest BCUT2D eigenvalue weighted by Gasteiger charge is 2.43. The van der Waals surface area contributed by atoms with Crippen LogP contribution in [-0.2, 0) is 4.79 Å². The summed E-state index contributed by atoms with van der Waals surface area (Å²) < 4.78 is 39.6. The molecule has 0 radical (unpaired) electrons. The Morgan fingerprint density at radius 1 is 1.25 bits per heavy atom. The smallest absolute Gasteiger partial charge is 0.354 e. The van der Waals surface area contributed by atoms with E-state index in [1.807, 2.05) is 30.3 Å². The lowest BCUT2D eigenvalue weighted by molar-refractivity contribution is -0.184. The predicted octanol–water partition coefficient (Wildman–Crippen LogP) is 2.12. The summed E-state index contributed by atoms with van der Waals surface area (Å²) in [5.74, 6) is 0.197. The fraction of sp³-hybridized carbons (Fsp3) is 0.562. The first-order chi connectivity index (χ1) is 11.5. The molecule has 0 aliphatic carbocycles. The summed E-state index contributed by atoms with van der Waals surface area (Å²) in [4.78, 5) is 14.3. The molecule has 8 heteroatoms. The van der Waals surface area contributed by atoms with Gasteiger partial charge in [-0.2, -0.15) is 13.2 Å². The van der Waals surface area contributed by atoms with Crippen molar-refractivity contribution in [3.63, 3.8) is 0 Å². The Hall–Kier alpha value is -1.25. The molecular formula is C16H22F3N3OS. The SMILES string of the molecule is O=C(CCSc1ccccc1)NCC(N1CCNCC1)C(F)(F)F. The average molecular weight is 361 g/mol. The summed E-state index contributed by atoms with van der Waals surface area (Å²) in [6, 6.07) is 7.97. The number of thioether (sulfide) groups is 1. The van der Waals surface area contributed by atoms with Crippen LogP contribution in [0.25, 0.3) is 0 Å². The highest BCUT2D eigenvalue weighted by Crippen LogP contribution is 2.25. The lowest BCUT2D eigenvalue weighted by atomic mass is 10.2.